The maximum absolute atomic E-state index is 9.30. The highest BCUT2D eigenvalue weighted by Gasteiger charge is 2.32. The van der Waals surface area contributed by atoms with Crippen molar-refractivity contribution in [1.82, 2.24) is 0 Å². The van der Waals surface area contributed by atoms with Gasteiger partial charge in [0.1, 0.15) is 0 Å². The Bertz CT molecular complexity index is 150. The number of ether oxygens (including phenoxy) is 1. The molecule has 0 spiro atoms. The maximum atomic E-state index is 9.30. The molecule has 2 nitrogen and oxygen atoms in total. The van der Waals surface area contributed by atoms with Gasteiger partial charge in [-0.2, -0.15) is 0 Å². The largest absolute Gasteiger partial charge is 0.396 e. The van der Waals surface area contributed by atoms with Crippen molar-refractivity contribution in [3.8, 4) is 0 Å². The molecule has 0 aromatic heterocycles. The molecule has 0 rings (SSSR count). The topological polar surface area (TPSA) is 29.5 Å². The number of aliphatic hydroxyl groups is 1. The van der Waals surface area contributed by atoms with Gasteiger partial charge in [-0.3, -0.25) is 0 Å². The minimum absolute atomic E-state index is 0.134. The van der Waals surface area contributed by atoms with Crippen molar-refractivity contribution in [2.75, 3.05) is 13.2 Å². The molecule has 0 aromatic rings. The average Bonchev–Trinajstić information content (AvgIpc) is 2.03. The van der Waals surface area contributed by atoms with Crippen LogP contribution in [0.1, 0.15) is 41.5 Å². The van der Waals surface area contributed by atoms with Crippen LogP contribution >= 0.6 is 0 Å². The van der Waals surface area contributed by atoms with Gasteiger partial charge in [0.2, 0.25) is 0 Å². The number of rotatable bonds is 6. The van der Waals surface area contributed by atoms with Gasteiger partial charge < -0.3 is 9.84 Å². The van der Waals surface area contributed by atoms with Gasteiger partial charge in [-0.15, -0.1) is 0 Å². The Kier molecular flexibility index (Phi) is 5.68. The molecule has 1 unspecified atom stereocenters. The third-order valence-corrected chi connectivity index (χ3v) is 2.39. The SMILES string of the molecule is CC(C)COC(C(C)C)C(C)(C)CO. The molecule has 14 heavy (non-hydrogen) atoms. The summed E-state index contributed by atoms with van der Waals surface area (Å²) in [7, 11) is 0. The number of aliphatic hydroxyl groups excluding tert-OH is 1. The lowest BCUT2D eigenvalue weighted by Crippen LogP contribution is -2.39. The molecule has 2 heteroatoms. The molecular formula is C12H26O2. The molecular weight excluding hydrogens is 176 g/mol. The van der Waals surface area contributed by atoms with Crippen molar-refractivity contribution >= 4 is 0 Å². The van der Waals surface area contributed by atoms with Crippen molar-refractivity contribution < 1.29 is 9.84 Å². The van der Waals surface area contributed by atoms with Crippen LogP contribution in [0.3, 0.4) is 0 Å². The normalized spacial score (nSPS) is 15.2. The van der Waals surface area contributed by atoms with Crippen molar-refractivity contribution in [1.29, 1.82) is 0 Å². The van der Waals surface area contributed by atoms with E-state index in [1.54, 1.807) is 0 Å². The van der Waals surface area contributed by atoms with Crippen LogP contribution in [0, 0.1) is 17.3 Å². The minimum atomic E-state index is -0.150. The summed E-state index contributed by atoms with van der Waals surface area (Å²) in [5, 5.41) is 9.30. The third-order valence-electron chi connectivity index (χ3n) is 2.39. The molecule has 0 amide bonds. The van der Waals surface area contributed by atoms with E-state index in [9.17, 15) is 5.11 Å². The predicted molar refractivity (Wildman–Crippen MR) is 60.3 cm³/mol. The fraction of sp³-hybridized carbons (Fsp3) is 1.00. The molecule has 0 aliphatic rings. The highest BCUT2D eigenvalue weighted by Crippen LogP contribution is 2.28. The predicted octanol–water partition coefficient (Wildman–Crippen LogP) is 2.70. The fourth-order valence-corrected chi connectivity index (χ4v) is 1.71. The standard InChI is InChI=1S/C12H26O2/c1-9(2)7-14-11(10(3)4)12(5,6)8-13/h9-11,13H,7-8H2,1-6H3. The van der Waals surface area contributed by atoms with Crippen LogP contribution in [-0.2, 0) is 4.74 Å². The molecule has 0 heterocycles. The lowest BCUT2D eigenvalue weighted by molar-refractivity contribution is -0.0811. The van der Waals surface area contributed by atoms with Gasteiger partial charge in [0.25, 0.3) is 0 Å². The van der Waals surface area contributed by atoms with Gasteiger partial charge >= 0.3 is 0 Å². The van der Waals surface area contributed by atoms with Gasteiger partial charge in [-0.1, -0.05) is 41.5 Å². The van der Waals surface area contributed by atoms with Gasteiger partial charge in [0, 0.05) is 12.0 Å². The van der Waals surface area contributed by atoms with Crippen LogP contribution in [0.2, 0.25) is 0 Å². The summed E-state index contributed by atoms with van der Waals surface area (Å²) in [5.41, 5.74) is -0.150. The van der Waals surface area contributed by atoms with Crippen molar-refractivity contribution in [2.45, 2.75) is 47.6 Å². The van der Waals surface area contributed by atoms with Crippen LogP contribution in [0.4, 0.5) is 0 Å². The smallest absolute Gasteiger partial charge is 0.0670 e. The van der Waals surface area contributed by atoms with Gasteiger partial charge in [-0.25, -0.2) is 0 Å². The Hall–Kier alpha value is -0.0800. The molecule has 0 saturated heterocycles. The Balaban J connectivity index is 4.29. The van der Waals surface area contributed by atoms with E-state index in [1.807, 2.05) is 0 Å². The van der Waals surface area contributed by atoms with E-state index in [0.717, 1.165) is 6.61 Å². The van der Waals surface area contributed by atoms with E-state index >= 15 is 0 Å². The van der Waals surface area contributed by atoms with Crippen molar-refractivity contribution in [3.63, 3.8) is 0 Å². The first kappa shape index (κ1) is 13.9. The zero-order valence-electron chi connectivity index (χ0n) is 10.5. The summed E-state index contributed by atoms with van der Waals surface area (Å²) in [6.45, 7) is 13.6. The molecule has 0 fully saturated rings. The van der Waals surface area contributed by atoms with Crippen LogP contribution in [0.25, 0.3) is 0 Å². The Morgan fingerprint density at radius 1 is 1.14 bits per heavy atom. The summed E-state index contributed by atoms with van der Waals surface area (Å²) in [4.78, 5) is 0. The third kappa shape index (κ3) is 4.43. The first-order valence-electron chi connectivity index (χ1n) is 5.53. The van der Waals surface area contributed by atoms with Crippen LogP contribution in [-0.4, -0.2) is 24.4 Å². The van der Waals surface area contributed by atoms with E-state index in [-0.39, 0.29) is 18.1 Å². The zero-order valence-corrected chi connectivity index (χ0v) is 10.5. The second kappa shape index (κ2) is 5.72. The molecule has 86 valence electrons. The summed E-state index contributed by atoms with van der Waals surface area (Å²) in [6.07, 6.45) is 0.134. The lowest BCUT2D eigenvalue weighted by atomic mass is 9.81. The molecule has 0 saturated carbocycles. The highest BCUT2D eigenvalue weighted by atomic mass is 16.5. The fourth-order valence-electron chi connectivity index (χ4n) is 1.71. The first-order chi connectivity index (χ1) is 6.31. The van der Waals surface area contributed by atoms with E-state index in [4.69, 9.17) is 4.74 Å². The van der Waals surface area contributed by atoms with Crippen molar-refractivity contribution in [3.05, 3.63) is 0 Å². The van der Waals surface area contributed by atoms with Crippen LogP contribution in [0.5, 0.6) is 0 Å². The Labute approximate surface area is 88.7 Å². The highest BCUT2D eigenvalue weighted by molar-refractivity contribution is 4.81. The summed E-state index contributed by atoms with van der Waals surface area (Å²) in [5.74, 6) is 0.988. The molecule has 0 aromatic carbocycles. The first-order valence-corrected chi connectivity index (χ1v) is 5.53. The van der Waals surface area contributed by atoms with E-state index in [2.05, 4.69) is 41.5 Å². The second-order valence-electron chi connectivity index (χ2n) is 5.54. The number of hydrogen-bond donors (Lipinski definition) is 1. The minimum Gasteiger partial charge on any atom is -0.396 e. The molecule has 0 aliphatic heterocycles. The molecule has 0 radical (unpaired) electrons. The zero-order chi connectivity index (χ0) is 11.4. The molecule has 1 N–H and O–H groups in total. The molecule has 1 atom stereocenters. The lowest BCUT2D eigenvalue weighted by Gasteiger charge is -2.36. The van der Waals surface area contributed by atoms with E-state index in [0.29, 0.717) is 11.8 Å². The Morgan fingerprint density at radius 3 is 1.93 bits per heavy atom. The summed E-state index contributed by atoms with van der Waals surface area (Å²) in [6, 6.07) is 0. The van der Waals surface area contributed by atoms with Gasteiger partial charge in [0.15, 0.2) is 0 Å². The molecule has 0 aliphatic carbocycles. The van der Waals surface area contributed by atoms with Crippen LogP contribution in [0.15, 0.2) is 0 Å². The summed E-state index contributed by atoms with van der Waals surface area (Å²) < 4.78 is 5.86. The van der Waals surface area contributed by atoms with Gasteiger partial charge in [0.05, 0.1) is 12.7 Å². The maximum Gasteiger partial charge on any atom is 0.0670 e. The second-order valence-corrected chi connectivity index (χ2v) is 5.54. The molecule has 0 bridgehead atoms. The van der Waals surface area contributed by atoms with E-state index in [1.165, 1.54) is 0 Å². The van der Waals surface area contributed by atoms with Gasteiger partial charge in [-0.05, 0) is 11.8 Å². The van der Waals surface area contributed by atoms with Crippen LogP contribution < -0.4 is 0 Å². The average molecular weight is 202 g/mol. The number of hydrogen-bond acceptors (Lipinski definition) is 2. The quantitative estimate of drug-likeness (QED) is 0.717. The Morgan fingerprint density at radius 2 is 1.64 bits per heavy atom. The van der Waals surface area contributed by atoms with E-state index < -0.39 is 0 Å². The monoisotopic (exact) mass is 202 g/mol. The van der Waals surface area contributed by atoms with Crippen molar-refractivity contribution in [2.24, 2.45) is 17.3 Å². The summed E-state index contributed by atoms with van der Waals surface area (Å²) >= 11 is 0.